The summed E-state index contributed by atoms with van der Waals surface area (Å²) in [5, 5.41) is 5.40. The van der Waals surface area contributed by atoms with Gasteiger partial charge in [-0.3, -0.25) is 4.79 Å². The summed E-state index contributed by atoms with van der Waals surface area (Å²) >= 11 is 0. The number of ether oxygens (including phenoxy) is 4. The highest BCUT2D eigenvalue weighted by Crippen LogP contribution is 2.02. The van der Waals surface area contributed by atoms with Crippen LogP contribution in [0, 0.1) is 0 Å². The van der Waals surface area contributed by atoms with E-state index in [1.54, 1.807) is 6.92 Å². The van der Waals surface area contributed by atoms with Gasteiger partial charge in [-0.1, -0.05) is 0 Å². The van der Waals surface area contributed by atoms with Gasteiger partial charge in [-0.05, 0) is 14.0 Å². The van der Waals surface area contributed by atoms with Crippen LogP contribution in [-0.4, -0.2) is 84.6 Å². The zero-order valence-corrected chi connectivity index (χ0v) is 14.4. The fourth-order valence-corrected chi connectivity index (χ4v) is 1.52. The third kappa shape index (κ3) is 15.9. The number of rotatable bonds is 16. The summed E-state index contributed by atoms with van der Waals surface area (Å²) < 4.78 is 34.8. The van der Waals surface area contributed by atoms with E-state index in [-0.39, 0.29) is 12.5 Å². The fraction of sp³-hybridized carbons (Fsp3) is 0.933. The van der Waals surface area contributed by atoms with Crippen molar-refractivity contribution in [1.82, 2.24) is 10.6 Å². The van der Waals surface area contributed by atoms with E-state index in [0.717, 1.165) is 6.54 Å². The van der Waals surface area contributed by atoms with Gasteiger partial charge in [0.1, 0.15) is 6.17 Å². The molecule has 2 unspecified atom stereocenters. The molecule has 0 aromatic carbocycles. The molecule has 0 spiro atoms. The summed E-state index contributed by atoms with van der Waals surface area (Å²) in [7, 11) is 1.87. The van der Waals surface area contributed by atoms with Crippen molar-refractivity contribution in [3.8, 4) is 0 Å². The van der Waals surface area contributed by atoms with E-state index in [4.69, 9.17) is 18.9 Å². The zero-order valence-electron chi connectivity index (χ0n) is 14.4. The van der Waals surface area contributed by atoms with Crippen LogP contribution < -0.4 is 10.6 Å². The van der Waals surface area contributed by atoms with Gasteiger partial charge in [-0.2, -0.15) is 0 Å². The average Bonchev–Trinajstić information content (AvgIpc) is 2.53. The van der Waals surface area contributed by atoms with Gasteiger partial charge in [0, 0.05) is 13.5 Å². The molecule has 0 aliphatic rings. The number of likely N-dealkylation sites (N-methyl/N-ethyl adjacent to an activating group) is 1. The molecule has 2 atom stereocenters. The lowest BCUT2D eigenvalue weighted by molar-refractivity contribution is -0.119. The van der Waals surface area contributed by atoms with Crippen LogP contribution in [0.3, 0.4) is 0 Å². The number of carbonyl (C=O) groups excluding carboxylic acids is 1. The molecule has 0 aromatic rings. The molecule has 0 aromatic heterocycles. The smallest absolute Gasteiger partial charge is 0.216 e. The maximum absolute atomic E-state index is 13.6. The van der Waals surface area contributed by atoms with Crippen molar-refractivity contribution in [2.75, 3.05) is 66.4 Å². The molecule has 0 saturated carbocycles. The normalized spacial score (nSPS) is 13.7. The highest BCUT2D eigenvalue weighted by molar-refractivity contribution is 5.72. The maximum Gasteiger partial charge on any atom is 0.216 e. The van der Waals surface area contributed by atoms with E-state index >= 15 is 0 Å². The Kier molecular flexibility index (Phi) is 15.5. The Morgan fingerprint density at radius 2 is 1.52 bits per heavy atom. The highest BCUT2D eigenvalue weighted by Gasteiger charge is 2.16. The Balaban J connectivity index is 3.27. The largest absolute Gasteiger partial charge is 0.378 e. The molecular formula is C15H31FN2O5. The lowest BCUT2D eigenvalue weighted by Gasteiger charge is -2.17. The van der Waals surface area contributed by atoms with Crippen molar-refractivity contribution in [2.24, 2.45) is 0 Å². The summed E-state index contributed by atoms with van der Waals surface area (Å²) in [6.07, 6.45) is -1.82. The zero-order chi connectivity index (χ0) is 17.3. The van der Waals surface area contributed by atoms with E-state index in [1.165, 1.54) is 6.92 Å². The Morgan fingerprint density at radius 3 is 2.04 bits per heavy atom. The molecular weight excluding hydrogens is 307 g/mol. The van der Waals surface area contributed by atoms with Crippen molar-refractivity contribution >= 4 is 5.91 Å². The van der Waals surface area contributed by atoms with E-state index < -0.39 is 12.3 Å². The van der Waals surface area contributed by atoms with Crippen molar-refractivity contribution < 1.29 is 28.1 Å². The van der Waals surface area contributed by atoms with Gasteiger partial charge in [0.2, 0.25) is 5.91 Å². The van der Waals surface area contributed by atoms with E-state index in [1.807, 2.05) is 7.05 Å². The third-order valence-electron chi connectivity index (χ3n) is 2.90. The topological polar surface area (TPSA) is 78.1 Å². The SMILES string of the molecule is CNCCOCCOCCOCCOC(C)C(F)CNC(C)=O. The second-order valence-electron chi connectivity index (χ2n) is 4.97. The molecule has 0 rings (SSSR count). The standard InChI is InChI=1S/C15H31FN2O5/c1-13(15(16)12-18-14(2)19)23-11-10-22-9-8-21-7-6-20-5-4-17-3/h13,15,17H,4-12H2,1-3H3,(H,18,19). The average molecular weight is 338 g/mol. The lowest BCUT2D eigenvalue weighted by Crippen LogP contribution is -2.35. The van der Waals surface area contributed by atoms with Crippen LogP contribution in [0.15, 0.2) is 0 Å². The Morgan fingerprint density at radius 1 is 1.00 bits per heavy atom. The predicted octanol–water partition coefficient (Wildman–Crippen LogP) is 0.135. The third-order valence-corrected chi connectivity index (χ3v) is 2.90. The second kappa shape index (κ2) is 16.1. The van der Waals surface area contributed by atoms with Crippen molar-refractivity contribution in [1.29, 1.82) is 0 Å². The van der Waals surface area contributed by atoms with E-state index in [2.05, 4.69) is 10.6 Å². The van der Waals surface area contributed by atoms with Gasteiger partial charge in [-0.25, -0.2) is 4.39 Å². The molecule has 0 radical (unpaired) electrons. The van der Waals surface area contributed by atoms with Crippen LogP contribution >= 0.6 is 0 Å². The first-order valence-electron chi connectivity index (χ1n) is 7.95. The molecule has 0 heterocycles. The number of carbonyl (C=O) groups is 1. The van der Waals surface area contributed by atoms with Crippen LogP contribution in [0.1, 0.15) is 13.8 Å². The minimum Gasteiger partial charge on any atom is -0.378 e. The molecule has 138 valence electrons. The number of hydrogen-bond acceptors (Lipinski definition) is 6. The maximum atomic E-state index is 13.6. The van der Waals surface area contributed by atoms with E-state index in [0.29, 0.717) is 46.2 Å². The predicted molar refractivity (Wildman–Crippen MR) is 85.4 cm³/mol. The molecule has 0 saturated heterocycles. The number of halogens is 1. The summed E-state index contributed by atoms with van der Waals surface area (Å²) in [6, 6.07) is 0. The van der Waals surface area contributed by atoms with Gasteiger partial charge in [-0.15, -0.1) is 0 Å². The molecule has 8 heteroatoms. The number of nitrogens with one attached hydrogen (secondary N) is 2. The number of amides is 1. The number of alkyl halides is 1. The Hall–Kier alpha value is -0.800. The molecule has 7 nitrogen and oxygen atoms in total. The summed E-state index contributed by atoms with van der Waals surface area (Å²) in [5.74, 6) is -0.254. The number of hydrogen-bond donors (Lipinski definition) is 2. The summed E-state index contributed by atoms with van der Waals surface area (Å²) in [4.78, 5) is 10.7. The van der Waals surface area contributed by atoms with Crippen LogP contribution in [0.5, 0.6) is 0 Å². The monoisotopic (exact) mass is 338 g/mol. The first kappa shape index (κ1) is 22.2. The van der Waals surface area contributed by atoms with Crippen LogP contribution in [0.2, 0.25) is 0 Å². The minimum atomic E-state index is -1.23. The van der Waals surface area contributed by atoms with Crippen LogP contribution in [0.25, 0.3) is 0 Å². The van der Waals surface area contributed by atoms with Gasteiger partial charge in [0.15, 0.2) is 0 Å². The molecule has 23 heavy (non-hydrogen) atoms. The van der Waals surface area contributed by atoms with Crippen LogP contribution in [-0.2, 0) is 23.7 Å². The molecule has 0 bridgehead atoms. The van der Waals surface area contributed by atoms with E-state index in [9.17, 15) is 9.18 Å². The Bertz CT molecular complexity index is 285. The fourth-order valence-electron chi connectivity index (χ4n) is 1.52. The van der Waals surface area contributed by atoms with Gasteiger partial charge in [0.25, 0.3) is 0 Å². The van der Waals surface area contributed by atoms with Crippen molar-refractivity contribution in [3.05, 3.63) is 0 Å². The Labute approximate surface area is 138 Å². The van der Waals surface area contributed by atoms with Crippen LogP contribution in [0.4, 0.5) is 4.39 Å². The molecule has 0 aliphatic carbocycles. The second-order valence-corrected chi connectivity index (χ2v) is 4.97. The summed E-state index contributed by atoms with van der Waals surface area (Å²) in [5.41, 5.74) is 0. The molecule has 1 amide bonds. The first-order chi connectivity index (χ1) is 11.1. The van der Waals surface area contributed by atoms with Gasteiger partial charge in [0.05, 0.1) is 58.9 Å². The quantitative estimate of drug-likeness (QED) is 0.390. The van der Waals surface area contributed by atoms with Crippen molar-refractivity contribution in [2.45, 2.75) is 26.1 Å². The van der Waals surface area contributed by atoms with Gasteiger partial charge >= 0.3 is 0 Å². The molecule has 0 aliphatic heterocycles. The van der Waals surface area contributed by atoms with Gasteiger partial charge < -0.3 is 29.6 Å². The highest BCUT2D eigenvalue weighted by atomic mass is 19.1. The lowest BCUT2D eigenvalue weighted by atomic mass is 10.2. The summed E-state index contributed by atoms with van der Waals surface area (Å²) in [6.45, 7) is 7.15. The minimum absolute atomic E-state index is 0.0401. The molecule has 0 fully saturated rings. The molecule has 2 N–H and O–H groups in total. The van der Waals surface area contributed by atoms with Crippen molar-refractivity contribution in [3.63, 3.8) is 0 Å². The first-order valence-corrected chi connectivity index (χ1v) is 7.95.